The van der Waals surface area contributed by atoms with Gasteiger partial charge in [0.25, 0.3) is 10.0 Å². The Morgan fingerprint density at radius 2 is 1.85 bits per heavy atom. The quantitative estimate of drug-likeness (QED) is 0.272. The number of benzene rings is 2. The minimum atomic E-state index is -4.29. The summed E-state index contributed by atoms with van der Waals surface area (Å²) in [6, 6.07) is 9.08. The number of hydrogen-bond donors (Lipinski definition) is 1. The summed E-state index contributed by atoms with van der Waals surface area (Å²) in [4.78, 5) is 15.3. The molecule has 2 aromatic carbocycles. The van der Waals surface area contributed by atoms with Crippen molar-refractivity contribution in [3.05, 3.63) is 58.5 Å². The molecule has 0 fully saturated rings. The van der Waals surface area contributed by atoms with Crippen LogP contribution < -0.4 is 13.8 Å². The minimum absolute atomic E-state index is 0.0803. The number of amides is 1. The van der Waals surface area contributed by atoms with Crippen molar-refractivity contribution in [1.29, 1.82) is 0 Å². The van der Waals surface area contributed by atoms with Gasteiger partial charge < -0.3 is 14.4 Å². The Labute approximate surface area is 236 Å². The molecule has 1 unspecified atom stereocenters. The van der Waals surface area contributed by atoms with Crippen molar-refractivity contribution in [2.45, 2.75) is 38.6 Å². The summed E-state index contributed by atoms with van der Waals surface area (Å²) in [5.74, 6) is 0.201. The van der Waals surface area contributed by atoms with E-state index in [-0.39, 0.29) is 27.4 Å². The Kier molecular flexibility index (Phi) is 8.38. The summed E-state index contributed by atoms with van der Waals surface area (Å²) in [7, 11) is -1.41. The second-order valence-electron chi connectivity index (χ2n) is 8.93. The van der Waals surface area contributed by atoms with E-state index in [0.29, 0.717) is 18.0 Å². The number of fused-ring (bicyclic) bond motifs is 1. The Morgan fingerprint density at radius 3 is 2.46 bits per heavy atom. The molecule has 208 valence electrons. The first-order valence-corrected chi connectivity index (χ1v) is 14.7. The smallest absolute Gasteiger partial charge is 0.264 e. The molecule has 0 bridgehead atoms. The van der Waals surface area contributed by atoms with Crippen LogP contribution in [0.1, 0.15) is 37.0 Å². The zero-order chi connectivity index (χ0) is 28.5. The van der Waals surface area contributed by atoms with E-state index in [4.69, 9.17) is 21.1 Å². The van der Waals surface area contributed by atoms with Gasteiger partial charge in [-0.3, -0.25) is 14.2 Å². The van der Waals surface area contributed by atoms with Crippen LogP contribution in [0.25, 0.3) is 10.1 Å². The number of halogens is 1. The summed E-state index contributed by atoms with van der Waals surface area (Å²) >= 11 is 7.92. The second kappa shape index (κ2) is 11.4. The standard InChI is InChI=1S/C26H30ClN5O5S2/c1-7-31(17(4)21-10-15(2)28-29-21)26(33)14-32(22-12-19-16(3)30-38-25(19)13-20(22)27)39(34,35)18-8-9-23(36-5)24(11-18)37-6/h8-13,17H,7,14H2,1-6H3,(H,28,29). The van der Waals surface area contributed by atoms with E-state index < -0.39 is 22.5 Å². The highest BCUT2D eigenvalue weighted by Gasteiger charge is 2.33. The van der Waals surface area contributed by atoms with E-state index in [1.807, 2.05) is 33.8 Å². The molecule has 0 saturated carbocycles. The minimum Gasteiger partial charge on any atom is -0.493 e. The lowest BCUT2D eigenvalue weighted by Gasteiger charge is -2.31. The zero-order valence-corrected chi connectivity index (χ0v) is 24.9. The average molecular weight is 592 g/mol. The first-order chi connectivity index (χ1) is 18.5. The second-order valence-corrected chi connectivity index (χ2v) is 12.0. The fourth-order valence-corrected chi connectivity index (χ4v) is 6.99. The number of anilines is 1. The van der Waals surface area contributed by atoms with Crippen LogP contribution >= 0.6 is 23.1 Å². The van der Waals surface area contributed by atoms with Gasteiger partial charge in [-0.05, 0) is 69.6 Å². The van der Waals surface area contributed by atoms with Gasteiger partial charge in [-0.25, -0.2) is 8.42 Å². The zero-order valence-electron chi connectivity index (χ0n) is 22.5. The molecule has 1 atom stereocenters. The lowest BCUT2D eigenvalue weighted by Crippen LogP contribution is -2.44. The SMILES string of the molecule is CCN(C(=O)CN(c1cc2c(C)nsc2cc1Cl)S(=O)(=O)c1ccc(OC)c(OC)c1)C(C)c1cc(C)[nH]n1. The Balaban J connectivity index is 1.82. The first kappa shape index (κ1) is 28.7. The molecular formula is C26H30ClN5O5S2. The van der Waals surface area contributed by atoms with Gasteiger partial charge >= 0.3 is 0 Å². The van der Waals surface area contributed by atoms with Crippen LogP contribution in [-0.4, -0.2) is 61.1 Å². The van der Waals surface area contributed by atoms with Crippen molar-refractivity contribution >= 4 is 54.8 Å². The van der Waals surface area contributed by atoms with E-state index in [0.717, 1.165) is 25.8 Å². The number of aromatic amines is 1. The molecule has 39 heavy (non-hydrogen) atoms. The topological polar surface area (TPSA) is 118 Å². The van der Waals surface area contributed by atoms with Gasteiger partial charge in [-0.15, -0.1) is 0 Å². The number of aromatic nitrogens is 3. The predicted molar refractivity (Wildman–Crippen MR) is 153 cm³/mol. The highest BCUT2D eigenvalue weighted by molar-refractivity contribution is 7.92. The fourth-order valence-electron chi connectivity index (χ4n) is 4.36. The normalized spacial score (nSPS) is 12.4. The lowest BCUT2D eigenvalue weighted by molar-refractivity contribution is -0.131. The molecule has 0 saturated heterocycles. The third kappa shape index (κ3) is 5.54. The highest BCUT2D eigenvalue weighted by Crippen LogP contribution is 2.38. The third-order valence-electron chi connectivity index (χ3n) is 6.49. The van der Waals surface area contributed by atoms with E-state index in [1.54, 1.807) is 17.0 Å². The predicted octanol–water partition coefficient (Wildman–Crippen LogP) is 5.11. The van der Waals surface area contributed by atoms with Crippen LogP contribution in [0.3, 0.4) is 0 Å². The maximum atomic E-state index is 14.2. The summed E-state index contributed by atoms with van der Waals surface area (Å²) in [6.07, 6.45) is 0. The van der Waals surface area contributed by atoms with Crippen molar-refractivity contribution < 1.29 is 22.7 Å². The number of likely N-dealkylation sites (N-methyl/N-ethyl adjacent to an activating group) is 1. The van der Waals surface area contributed by atoms with Crippen molar-refractivity contribution in [3.63, 3.8) is 0 Å². The maximum absolute atomic E-state index is 14.2. The van der Waals surface area contributed by atoms with Crippen LogP contribution in [0.4, 0.5) is 5.69 Å². The molecular weight excluding hydrogens is 562 g/mol. The number of H-pyrrole nitrogens is 1. The molecule has 1 N–H and O–H groups in total. The molecule has 4 rings (SSSR count). The summed E-state index contributed by atoms with van der Waals surface area (Å²) in [6.45, 7) is 7.25. The number of ether oxygens (including phenoxy) is 2. The number of aryl methyl sites for hydroxylation is 2. The van der Waals surface area contributed by atoms with E-state index in [2.05, 4.69) is 14.6 Å². The largest absolute Gasteiger partial charge is 0.493 e. The molecule has 0 aliphatic rings. The molecule has 0 radical (unpaired) electrons. The number of methoxy groups -OCH3 is 2. The molecule has 2 aromatic heterocycles. The molecule has 13 heteroatoms. The molecule has 4 aromatic rings. The molecule has 2 heterocycles. The molecule has 10 nitrogen and oxygen atoms in total. The van der Waals surface area contributed by atoms with Gasteiger partial charge in [0.2, 0.25) is 5.91 Å². The number of nitrogens with one attached hydrogen (secondary N) is 1. The van der Waals surface area contributed by atoms with Crippen molar-refractivity contribution in [2.24, 2.45) is 0 Å². The third-order valence-corrected chi connectivity index (χ3v) is 9.45. The van der Waals surface area contributed by atoms with Crippen LogP contribution in [0, 0.1) is 13.8 Å². The number of sulfonamides is 1. The number of carbonyl (C=O) groups is 1. The number of carbonyl (C=O) groups excluding carboxylic acids is 1. The first-order valence-electron chi connectivity index (χ1n) is 12.1. The van der Waals surface area contributed by atoms with E-state index in [9.17, 15) is 13.2 Å². The van der Waals surface area contributed by atoms with Gasteiger partial charge in [-0.2, -0.15) is 9.47 Å². The van der Waals surface area contributed by atoms with Crippen molar-refractivity contribution in [3.8, 4) is 11.5 Å². The van der Waals surface area contributed by atoms with E-state index >= 15 is 0 Å². The van der Waals surface area contributed by atoms with Crippen LogP contribution in [-0.2, 0) is 14.8 Å². The van der Waals surface area contributed by atoms with Crippen LogP contribution in [0.5, 0.6) is 11.5 Å². The maximum Gasteiger partial charge on any atom is 0.264 e. The number of hydrogen-bond acceptors (Lipinski definition) is 8. The Hall–Kier alpha value is -3.35. The van der Waals surface area contributed by atoms with Gasteiger partial charge in [0.15, 0.2) is 11.5 Å². The van der Waals surface area contributed by atoms with Gasteiger partial charge in [-0.1, -0.05) is 11.6 Å². The lowest BCUT2D eigenvalue weighted by atomic mass is 10.2. The van der Waals surface area contributed by atoms with Crippen molar-refractivity contribution in [1.82, 2.24) is 19.5 Å². The summed E-state index contributed by atoms with van der Waals surface area (Å²) in [5, 5.41) is 8.11. The molecule has 0 spiro atoms. The monoisotopic (exact) mass is 591 g/mol. The fraction of sp³-hybridized carbons (Fsp3) is 0.346. The van der Waals surface area contributed by atoms with Gasteiger partial charge in [0.1, 0.15) is 6.54 Å². The van der Waals surface area contributed by atoms with Crippen molar-refractivity contribution in [2.75, 3.05) is 31.6 Å². The van der Waals surface area contributed by atoms with Gasteiger partial charge in [0, 0.05) is 23.7 Å². The Bertz CT molecular complexity index is 1620. The number of rotatable bonds is 10. The number of nitrogens with zero attached hydrogens (tertiary/aromatic N) is 4. The summed E-state index contributed by atoms with van der Waals surface area (Å²) in [5.41, 5.74) is 2.45. The molecule has 0 aliphatic heterocycles. The van der Waals surface area contributed by atoms with Gasteiger partial charge in [0.05, 0.1) is 52.0 Å². The molecule has 0 aliphatic carbocycles. The van der Waals surface area contributed by atoms with Crippen LogP contribution in [0.15, 0.2) is 41.3 Å². The molecule has 1 amide bonds. The average Bonchev–Trinajstić information content (AvgIpc) is 3.51. The summed E-state index contributed by atoms with van der Waals surface area (Å²) < 4.78 is 45.2. The Morgan fingerprint density at radius 1 is 1.13 bits per heavy atom. The van der Waals surface area contributed by atoms with Crippen LogP contribution in [0.2, 0.25) is 5.02 Å². The van der Waals surface area contributed by atoms with E-state index in [1.165, 1.54) is 44.0 Å². The highest BCUT2D eigenvalue weighted by atomic mass is 35.5.